The molecule has 1 N–H and O–H groups in total. The van der Waals surface area contributed by atoms with Crippen molar-refractivity contribution in [2.24, 2.45) is 0 Å². The van der Waals surface area contributed by atoms with Crippen LogP contribution in [0.2, 0.25) is 0 Å². The number of nitrogens with one attached hydrogen (secondary N) is 1. The van der Waals surface area contributed by atoms with Gasteiger partial charge in [-0.3, -0.25) is 9.48 Å². The first-order chi connectivity index (χ1) is 13.0. The van der Waals surface area contributed by atoms with Crippen LogP contribution in [0.25, 0.3) is 0 Å². The lowest BCUT2D eigenvalue weighted by molar-refractivity contribution is -0.115. The number of carbonyl (C=O) groups excluding carboxylic acids is 1. The van der Waals surface area contributed by atoms with Gasteiger partial charge in [0.25, 0.3) is 0 Å². The highest BCUT2D eigenvalue weighted by Crippen LogP contribution is 2.11. The molecule has 1 amide bonds. The first-order valence-corrected chi connectivity index (χ1v) is 9.07. The third kappa shape index (κ3) is 5.17. The second-order valence-electron chi connectivity index (χ2n) is 6.71. The molecule has 0 aliphatic carbocycles. The third-order valence-electron chi connectivity index (χ3n) is 4.32. The van der Waals surface area contributed by atoms with Crippen molar-refractivity contribution in [2.75, 3.05) is 24.3 Å². The number of aromatic nitrogens is 3. The SMILES string of the molecule is CCc1ccc(Cn2ccc(NC(=O)Cc3ccc(N(C)C)nc3)n2)cc1. The van der Waals surface area contributed by atoms with Crippen molar-refractivity contribution >= 4 is 17.5 Å². The summed E-state index contributed by atoms with van der Waals surface area (Å²) in [5.74, 6) is 1.32. The minimum Gasteiger partial charge on any atom is -0.363 e. The number of anilines is 2. The highest BCUT2D eigenvalue weighted by Gasteiger charge is 2.08. The molecule has 2 heterocycles. The van der Waals surface area contributed by atoms with Gasteiger partial charge in [-0.25, -0.2) is 4.98 Å². The molecule has 3 aromatic rings. The summed E-state index contributed by atoms with van der Waals surface area (Å²) in [6.07, 6.45) is 4.90. The summed E-state index contributed by atoms with van der Waals surface area (Å²) in [6.45, 7) is 2.82. The summed E-state index contributed by atoms with van der Waals surface area (Å²) in [6, 6.07) is 14.1. The van der Waals surface area contributed by atoms with Crippen LogP contribution in [0.3, 0.4) is 0 Å². The molecule has 3 rings (SSSR count). The normalized spacial score (nSPS) is 10.6. The van der Waals surface area contributed by atoms with Gasteiger partial charge in [0.2, 0.25) is 5.91 Å². The molecular weight excluding hydrogens is 338 g/mol. The van der Waals surface area contributed by atoms with E-state index in [1.807, 2.05) is 48.1 Å². The molecule has 6 heteroatoms. The topological polar surface area (TPSA) is 63.1 Å². The summed E-state index contributed by atoms with van der Waals surface area (Å²) < 4.78 is 1.82. The minimum absolute atomic E-state index is 0.105. The van der Waals surface area contributed by atoms with E-state index in [1.165, 1.54) is 11.1 Å². The van der Waals surface area contributed by atoms with Gasteiger partial charge in [0.1, 0.15) is 5.82 Å². The first kappa shape index (κ1) is 18.6. The average Bonchev–Trinajstić information content (AvgIpc) is 3.09. The van der Waals surface area contributed by atoms with Crippen LogP contribution in [0.4, 0.5) is 11.6 Å². The van der Waals surface area contributed by atoms with Gasteiger partial charge in [-0.2, -0.15) is 5.10 Å². The van der Waals surface area contributed by atoms with Crippen molar-refractivity contribution in [1.29, 1.82) is 0 Å². The number of hydrogen-bond donors (Lipinski definition) is 1. The molecule has 140 valence electrons. The molecule has 0 saturated carbocycles. The zero-order valence-electron chi connectivity index (χ0n) is 16.0. The standard InChI is InChI=1S/C21H25N5O/c1-4-16-5-7-17(8-6-16)15-26-12-11-19(24-26)23-21(27)13-18-9-10-20(22-14-18)25(2)3/h5-12,14H,4,13,15H2,1-3H3,(H,23,24,27). The van der Waals surface area contributed by atoms with Crippen molar-refractivity contribution in [2.45, 2.75) is 26.3 Å². The van der Waals surface area contributed by atoms with Gasteiger partial charge >= 0.3 is 0 Å². The molecule has 0 spiro atoms. The van der Waals surface area contributed by atoms with E-state index >= 15 is 0 Å². The van der Waals surface area contributed by atoms with Crippen LogP contribution in [0.15, 0.2) is 54.9 Å². The Bertz CT molecular complexity index is 882. The molecule has 0 saturated heterocycles. The van der Waals surface area contributed by atoms with Gasteiger partial charge in [0.05, 0.1) is 13.0 Å². The van der Waals surface area contributed by atoms with E-state index in [1.54, 1.807) is 6.20 Å². The maximum Gasteiger partial charge on any atom is 0.230 e. The van der Waals surface area contributed by atoms with Crippen molar-refractivity contribution in [3.05, 3.63) is 71.5 Å². The van der Waals surface area contributed by atoms with Gasteiger partial charge in [-0.1, -0.05) is 37.3 Å². The summed E-state index contributed by atoms with van der Waals surface area (Å²) in [7, 11) is 3.87. The largest absolute Gasteiger partial charge is 0.363 e. The fraction of sp³-hybridized carbons (Fsp3) is 0.286. The second kappa shape index (κ2) is 8.49. The first-order valence-electron chi connectivity index (χ1n) is 9.07. The molecule has 0 unspecified atom stereocenters. The molecule has 0 atom stereocenters. The quantitative estimate of drug-likeness (QED) is 0.700. The van der Waals surface area contributed by atoms with Gasteiger partial charge in [0.15, 0.2) is 5.82 Å². The second-order valence-corrected chi connectivity index (χ2v) is 6.71. The Morgan fingerprint density at radius 1 is 1.04 bits per heavy atom. The van der Waals surface area contributed by atoms with Crippen LogP contribution in [-0.4, -0.2) is 34.8 Å². The van der Waals surface area contributed by atoms with E-state index in [0.717, 1.165) is 17.8 Å². The molecule has 0 bridgehead atoms. The number of aryl methyl sites for hydroxylation is 1. The van der Waals surface area contributed by atoms with Crippen LogP contribution in [0.5, 0.6) is 0 Å². The fourth-order valence-corrected chi connectivity index (χ4v) is 2.74. The number of hydrogen-bond acceptors (Lipinski definition) is 4. The smallest absolute Gasteiger partial charge is 0.230 e. The zero-order chi connectivity index (χ0) is 19.2. The van der Waals surface area contributed by atoms with Crippen molar-refractivity contribution in [3.8, 4) is 0 Å². The number of amides is 1. The Morgan fingerprint density at radius 3 is 2.37 bits per heavy atom. The summed E-state index contributed by atoms with van der Waals surface area (Å²) in [5.41, 5.74) is 3.37. The number of rotatable bonds is 7. The predicted molar refractivity (Wildman–Crippen MR) is 108 cm³/mol. The highest BCUT2D eigenvalue weighted by atomic mass is 16.1. The lowest BCUT2D eigenvalue weighted by atomic mass is 10.1. The molecular formula is C21H25N5O. The Hall–Kier alpha value is -3.15. The molecule has 0 aliphatic heterocycles. The molecule has 0 fully saturated rings. The molecule has 27 heavy (non-hydrogen) atoms. The van der Waals surface area contributed by atoms with Crippen LogP contribution >= 0.6 is 0 Å². The Kier molecular flexibility index (Phi) is 5.86. The Morgan fingerprint density at radius 2 is 1.74 bits per heavy atom. The summed E-state index contributed by atoms with van der Waals surface area (Å²) >= 11 is 0. The van der Waals surface area contributed by atoms with Gasteiger partial charge < -0.3 is 10.2 Å². The van der Waals surface area contributed by atoms with Crippen LogP contribution in [0.1, 0.15) is 23.6 Å². The van der Waals surface area contributed by atoms with E-state index in [0.29, 0.717) is 12.4 Å². The van der Waals surface area contributed by atoms with Gasteiger partial charge in [-0.15, -0.1) is 0 Å². The Labute approximate surface area is 159 Å². The zero-order valence-corrected chi connectivity index (χ0v) is 16.0. The maximum absolute atomic E-state index is 12.2. The van der Waals surface area contributed by atoms with Crippen molar-refractivity contribution < 1.29 is 4.79 Å². The highest BCUT2D eigenvalue weighted by molar-refractivity contribution is 5.91. The van der Waals surface area contributed by atoms with Crippen LogP contribution in [0, 0.1) is 0 Å². The molecule has 1 aromatic carbocycles. The molecule has 6 nitrogen and oxygen atoms in total. The lowest BCUT2D eigenvalue weighted by Gasteiger charge is -2.11. The van der Waals surface area contributed by atoms with Crippen molar-refractivity contribution in [3.63, 3.8) is 0 Å². The summed E-state index contributed by atoms with van der Waals surface area (Å²) in [5, 5.41) is 7.27. The monoisotopic (exact) mass is 363 g/mol. The van der Waals surface area contributed by atoms with E-state index < -0.39 is 0 Å². The van der Waals surface area contributed by atoms with Crippen LogP contribution in [-0.2, 0) is 24.2 Å². The minimum atomic E-state index is -0.105. The number of carbonyl (C=O) groups is 1. The van der Waals surface area contributed by atoms with E-state index in [4.69, 9.17) is 0 Å². The Balaban J connectivity index is 1.55. The number of pyridine rings is 1. The molecule has 2 aromatic heterocycles. The van der Waals surface area contributed by atoms with Crippen LogP contribution < -0.4 is 10.2 Å². The van der Waals surface area contributed by atoms with Crippen molar-refractivity contribution in [1.82, 2.24) is 14.8 Å². The number of nitrogens with zero attached hydrogens (tertiary/aromatic N) is 4. The van der Waals surface area contributed by atoms with E-state index in [9.17, 15) is 4.79 Å². The van der Waals surface area contributed by atoms with Gasteiger partial charge in [0, 0.05) is 32.6 Å². The predicted octanol–water partition coefficient (Wildman–Crippen LogP) is 3.14. The molecule has 0 radical (unpaired) electrons. The number of benzene rings is 1. The van der Waals surface area contributed by atoms with E-state index in [-0.39, 0.29) is 12.3 Å². The average molecular weight is 363 g/mol. The summed E-state index contributed by atoms with van der Waals surface area (Å²) in [4.78, 5) is 18.5. The van der Waals surface area contributed by atoms with Gasteiger partial charge in [-0.05, 0) is 29.2 Å². The van der Waals surface area contributed by atoms with E-state index in [2.05, 4.69) is 46.6 Å². The lowest BCUT2D eigenvalue weighted by Crippen LogP contribution is -2.16. The molecule has 0 aliphatic rings. The third-order valence-corrected chi connectivity index (χ3v) is 4.32. The fourth-order valence-electron chi connectivity index (χ4n) is 2.74. The maximum atomic E-state index is 12.2.